The summed E-state index contributed by atoms with van der Waals surface area (Å²) in [5.41, 5.74) is 0.867. The summed E-state index contributed by atoms with van der Waals surface area (Å²) >= 11 is 0. The maximum absolute atomic E-state index is 12.6. The molecule has 1 aliphatic carbocycles. The van der Waals surface area contributed by atoms with Crippen molar-refractivity contribution in [2.24, 2.45) is 11.3 Å². The van der Waals surface area contributed by atoms with Crippen LogP contribution in [0.1, 0.15) is 18.9 Å². The number of rotatable bonds is 3. The molecule has 0 radical (unpaired) electrons. The molecule has 2 rings (SSSR count). The van der Waals surface area contributed by atoms with Crippen molar-refractivity contribution in [3.63, 3.8) is 0 Å². The summed E-state index contributed by atoms with van der Waals surface area (Å²) in [7, 11) is 0. The second-order valence-electron chi connectivity index (χ2n) is 4.55. The van der Waals surface area contributed by atoms with E-state index >= 15 is 0 Å². The summed E-state index contributed by atoms with van der Waals surface area (Å²) in [5.74, 6) is -1.21. The van der Waals surface area contributed by atoms with E-state index in [-0.39, 0.29) is 17.2 Å². The minimum atomic E-state index is -0.723. The number of carboxylic acid groups (broad SMARTS) is 1. The fraction of sp³-hybridized carbons (Fsp3) is 0.417. The zero-order chi connectivity index (χ0) is 11.1. The Bertz CT molecular complexity index is 385. The lowest BCUT2D eigenvalue weighted by molar-refractivity contribution is -0.139. The first-order chi connectivity index (χ1) is 7.01. The number of benzene rings is 1. The summed E-state index contributed by atoms with van der Waals surface area (Å²) in [6.45, 7) is 1.97. The molecule has 1 aromatic carbocycles. The minimum absolute atomic E-state index is 0.135. The lowest BCUT2D eigenvalue weighted by Crippen LogP contribution is -2.09. The van der Waals surface area contributed by atoms with Gasteiger partial charge in [-0.3, -0.25) is 4.79 Å². The van der Waals surface area contributed by atoms with Crippen molar-refractivity contribution in [2.45, 2.75) is 19.8 Å². The van der Waals surface area contributed by atoms with Crippen LogP contribution in [0.2, 0.25) is 0 Å². The van der Waals surface area contributed by atoms with E-state index in [1.807, 2.05) is 6.92 Å². The highest BCUT2D eigenvalue weighted by Crippen LogP contribution is 2.54. The Labute approximate surface area is 87.7 Å². The van der Waals surface area contributed by atoms with Crippen LogP contribution in [0.4, 0.5) is 4.39 Å². The second-order valence-corrected chi connectivity index (χ2v) is 4.55. The molecule has 15 heavy (non-hydrogen) atoms. The molecular formula is C12H13FO2. The average molecular weight is 208 g/mol. The molecule has 0 spiro atoms. The number of hydrogen-bond donors (Lipinski definition) is 1. The van der Waals surface area contributed by atoms with Crippen LogP contribution in [-0.4, -0.2) is 11.1 Å². The third-order valence-corrected chi connectivity index (χ3v) is 3.17. The van der Waals surface area contributed by atoms with E-state index in [2.05, 4.69) is 0 Å². The van der Waals surface area contributed by atoms with Crippen molar-refractivity contribution in [2.75, 3.05) is 0 Å². The number of halogens is 1. The molecule has 1 N–H and O–H groups in total. The van der Waals surface area contributed by atoms with Crippen LogP contribution in [0.5, 0.6) is 0 Å². The molecule has 1 saturated carbocycles. The lowest BCUT2D eigenvalue weighted by Gasteiger charge is -2.09. The van der Waals surface area contributed by atoms with Crippen LogP contribution in [0.25, 0.3) is 0 Å². The first-order valence-electron chi connectivity index (χ1n) is 4.98. The molecule has 0 heterocycles. The first-order valence-corrected chi connectivity index (χ1v) is 4.98. The van der Waals surface area contributed by atoms with Gasteiger partial charge in [-0.1, -0.05) is 19.1 Å². The Hall–Kier alpha value is -1.38. The number of hydrogen-bond acceptors (Lipinski definition) is 1. The molecule has 1 aliphatic rings. The quantitative estimate of drug-likeness (QED) is 0.828. The SMILES string of the molecule is CC1(Cc2ccc(F)cc2)CC1C(=O)O. The third kappa shape index (κ3) is 2.01. The molecule has 1 fully saturated rings. The van der Waals surface area contributed by atoms with Crippen molar-refractivity contribution in [3.8, 4) is 0 Å². The maximum atomic E-state index is 12.6. The lowest BCUT2D eigenvalue weighted by atomic mass is 9.96. The van der Waals surface area contributed by atoms with Gasteiger partial charge < -0.3 is 5.11 Å². The van der Waals surface area contributed by atoms with Crippen LogP contribution in [0.3, 0.4) is 0 Å². The van der Waals surface area contributed by atoms with Crippen LogP contribution >= 0.6 is 0 Å². The van der Waals surface area contributed by atoms with Gasteiger partial charge in [0.05, 0.1) is 5.92 Å². The highest BCUT2D eigenvalue weighted by Gasteiger charge is 2.54. The van der Waals surface area contributed by atoms with Crippen molar-refractivity contribution >= 4 is 5.97 Å². The van der Waals surface area contributed by atoms with Gasteiger partial charge in [-0.05, 0) is 36.0 Å². The highest BCUT2D eigenvalue weighted by atomic mass is 19.1. The molecule has 2 nitrogen and oxygen atoms in total. The monoisotopic (exact) mass is 208 g/mol. The normalized spacial score (nSPS) is 28.8. The zero-order valence-electron chi connectivity index (χ0n) is 8.53. The second kappa shape index (κ2) is 3.33. The molecule has 2 atom stereocenters. The average Bonchev–Trinajstić information content (AvgIpc) is 2.83. The van der Waals surface area contributed by atoms with Gasteiger partial charge in [-0.15, -0.1) is 0 Å². The predicted octanol–water partition coefficient (Wildman–Crippen LogP) is 2.48. The van der Waals surface area contributed by atoms with Crippen molar-refractivity contribution in [1.29, 1.82) is 0 Å². The van der Waals surface area contributed by atoms with Gasteiger partial charge in [-0.2, -0.15) is 0 Å². The Morgan fingerprint density at radius 1 is 1.53 bits per heavy atom. The van der Waals surface area contributed by atoms with Gasteiger partial charge in [0.25, 0.3) is 0 Å². The largest absolute Gasteiger partial charge is 0.481 e. The van der Waals surface area contributed by atoms with E-state index in [0.717, 1.165) is 12.0 Å². The fourth-order valence-corrected chi connectivity index (χ4v) is 2.06. The van der Waals surface area contributed by atoms with E-state index in [1.54, 1.807) is 12.1 Å². The van der Waals surface area contributed by atoms with E-state index in [4.69, 9.17) is 5.11 Å². The Morgan fingerprint density at radius 2 is 2.13 bits per heavy atom. The number of carbonyl (C=O) groups is 1. The molecule has 0 amide bonds. The van der Waals surface area contributed by atoms with E-state index in [9.17, 15) is 9.18 Å². The molecule has 0 aliphatic heterocycles. The van der Waals surface area contributed by atoms with Gasteiger partial charge in [0, 0.05) is 0 Å². The van der Waals surface area contributed by atoms with Gasteiger partial charge in [-0.25, -0.2) is 4.39 Å². The molecule has 0 bridgehead atoms. The Balaban J connectivity index is 2.05. The predicted molar refractivity (Wildman–Crippen MR) is 54.0 cm³/mol. The number of carboxylic acids is 1. The van der Waals surface area contributed by atoms with Gasteiger partial charge >= 0.3 is 5.97 Å². The summed E-state index contributed by atoms with van der Waals surface area (Å²) in [4.78, 5) is 10.8. The Kier molecular flexibility index (Phi) is 2.25. The van der Waals surface area contributed by atoms with Gasteiger partial charge in [0.1, 0.15) is 5.82 Å². The summed E-state index contributed by atoms with van der Waals surface area (Å²) in [5, 5.41) is 8.85. The summed E-state index contributed by atoms with van der Waals surface area (Å²) in [6, 6.07) is 6.27. The third-order valence-electron chi connectivity index (χ3n) is 3.17. The first kappa shape index (κ1) is 10.1. The fourth-order valence-electron chi connectivity index (χ4n) is 2.06. The van der Waals surface area contributed by atoms with Crippen molar-refractivity contribution in [3.05, 3.63) is 35.6 Å². The standard InChI is InChI=1S/C12H13FO2/c1-12(7-10(12)11(14)15)6-8-2-4-9(13)5-3-8/h2-5,10H,6-7H2,1H3,(H,14,15). The topological polar surface area (TPSA) is 37.3 Å². The molecule has 3 heteroatoms. The van der Waals surface area contributed by atoms with Crippen molar-refractivity contribution in [1.82, 2.24) is 0 Å². The van der Waals surface area contributed by atoms with Gasteiger partial charge in [0.15, 0.2) is 0 Å². The molecule has 0 saturated heterocycles. The van der Waals surface area contributed by atoms with Crippen LogP contribution in [-0.2, 0) is 11.2 Å². The molecular weight excluding hydrogens is 195 g/mol. The Morgan fingerprint density at radius 3 is 2.60 bits per heavy atom. The molecule has 0 aromatic heterocycles. The smallest absolute Gasteiger partial charge is 0.307 e. The van der Waals surface area contributed by atoms with E-state index in [0.29, 0.717) is 6.42 Å². The zero-order valence-corrected chi connectivity index (χ0v) is 8.53. The van der Waals surface area contributed by atoms with E-state index < -0.39 is 5.97 Å². The highest BCUT2D eigenvalue weighted by molar-refractivity contribution is 5.74. The van der Waals surface area contributed by atoms with Crippen LogP contribution in [0.15, 0.2) is 24.3 Å². The van der Waals surface area contributed by atoms with Crippen LogP contribution < -0.4 is 0 Å². The van der Waals surface area contributed by atoms with Gasteiger partial charge in [0.2, 0.25) is 0 Å². The van der Waals surface area contributed by atoms with Crippen molar-refractivity contribution < 1.29 is 14.3 Å². The van der Waals surface area contributed by atoms with E-state index in [1.165, 1.54) is 12.1 Å². The minimum Gasteiger partial charge on any atom is -0.481 e. The molecule has 80 valence electrons. The summed E-state index contributed by atoms with van der Waals surface area (Å²) < 4.78 is 12.6. The molecule has 1 aromatic rings. The molecule has 2 unspecified atom stereocenters. The maximum Gasteiger partial charge on any atom is 0.307 e. The van der Waals surface area contributed by atoms with Crippen LogP contribution in [0, 0.1) is 17.2 Å². The summed E-state index contributed by atoms with van der Waals surface area (Å²) in [6.07, 6.45) is 1.43. The number of aliphatic carboxylic acids is 1.